The first-order valence-electron chi connectivity index (χ1n) is 6.07. The summed E-state index contributed by atoms with van der Waals surface area (Å²) in [7, 11) is 0. The lowest BCUT2D eigenvalue weighted by molar-refractivity contribution is 0.0754. The van der Waals surface area contributed by atoms with Gasteiger partial charge < -0.3 is 16.4 Å². The van der Waals surface area contributed by atoms with Gasteiger partial charge in [0.1, 0.15) is 0 Å². The Labute approximate surface area is 112 Å². The van der Waals surface area contributed by atoms with Crippen molar-refractivity contribution in [2.24, 2.45) is 0 Å². The topological polar surface area (TPSA) is 72.3 Å². The van der Waals surface area contributed by atoms with Crippen molar-refractivity contribution in [3.8, 4) is 0 Å². The first-order valence-corrected chi connectivity index (χ1v) is 7.01. The molecule has 1 aliphatic rings. The van der Waals surface area contributed by atoms with Gasteiger partial charge in [-0.25, -0.2) is 0 Å². The number of nitrogen functional groups attached to an aromatic ring is 2. The van der Waals surface area contributed by atoms with Crippen LogP contribution in [-0.2, 0) is 0 Å². The fourth-order valence-corrected chi connectivity index (χ4v) is 3.62. The minimum atomic E-state index is 0.00602. The van der Waals surface area contributed by atoms with Crippen LogP contribution in [0.3, 0.4) is 0 Å². The van der Waals surface area contributed by atoms with E-state index in [9.17, 15) is 4.79 Å². The summed E-state index contributed by atoms with van der Waals surface area (Å²) in [4.78, 5) is 14.3. The van der Waals surface area contributed by atoms with Crippen LogP contribution < -0.4 is 11.5 Å². The predicted octanol–water partition coefficient (Wildman–Crippen LogP) is 1.82. The van der Waals surface area contributed by atoms with Crippen LogP contribution in [0.4, 0.5) is 11.4 Å². The molecule has 1 fully saturated rings. The van der Waals surface area contributed by atoms with Gasteiger partial charge in [0.05, 0.1) is 5.56 Å². The molecule has 2 unspecified atom stereocenters. The van der Waals surface area contributed by atoms with Crippen molar-refractivity contribution in [2.75, 3.05) is 24.6 Å². The number of hydrogen-bond acceptors (Lipinski definition) is 4. The highest BCUT2D eigenvalue weighted by atomic mass is 32.2. The van der Waals surface area contributed by atoms with E-state index in [1.165, 1.54) is 0 Å². The maximum atomic E-state index is 12.4. The molecule has 1 saturated heterocycles. The molecule has 0 saturated carbocycles. The molecule has 0 bridgehead atoms. The molecule has 5 heteroatoms. The van der Waals surface area contributed by atoms with Crippen LogP contribution in [0.2, 0.25) is 0 Å². The van der Waals surface area contributed by atoms with Crippen LogP contribution in [0.5, 0.6) is 0 Å². The lowest BCUT2D eigenvalue weighted by Gasteiger charge is -2.34. The highest BCUT2D eigenvalue weighted by Crippen LogP contribution is 2.27. The number of hydrogen-bond donors (Lipinski definition) is 2. The van der Waals surface area contributed by atoms with Crippen molar-refractivity contribution in [2.45, 2.75) is 24.3 Å². The van der Waals surface area contributed by atoms with Crippen molar-refractivity contribution in [1.29, 1.82) is 0 Å². The van der Waals surface area contributed by atoms with Gasteiger partial charge in [0, 0.05) is 35.0 Å². The van der Waals surface area contributed by atoms with Gasteiger partial charge in [-0.15, -0.1) is 0 Å². The van der Waals surface area contributed by atoms with E-state index in [1.807, 2.05) is 16.7 Å². The Hall–Kier alpha value is -1.36. The number of amides is 1. The Bertz CT molecular complexity index is 454. The van der Waals surface area contributed by atoms with Gasteiger partial charge in [-0.05, 0) is 18.2 Å². The van der Waals surface area contributed by atoms with E-state index in [0.29, 0.717) is 27.4 Å². The Balaban J connectivity index is 2.20. The van der Waals surface area contributed by atoms with Crippen molar-refractivity contribution in [1.82, 2.24) is 4.90 Å². The first-order chi connectivity index (χ1) is 8.47. The van der Waals surface area contributed by atoms with E-state index in [1.54, 1.807) is 18.2 Å². The molecule has 1 aromatic rings. The van der Waals surface area contributed by atoms with Crippen LogP contribution in [-0.4, -0.2) is 34.4 Å². The average Bonchev–Trinajstić information content (AvgIpc) is 2.26. The van der Waals surface area contributed by atoms with Crippen LogP contribution >= 0.6 is 11.8 Å². The molecule has 98 valence electrons. The fourth-order valence-electron chi connectivity index (χ4n) is 2.29. The van der Waals surface area contributed by atoms with E-state index in [-0.39, 0.29) is 5.91 Å². The Morgan fingerprint density at radius 2 is 1.89 bits per heavy atom. The van der Waals surface area contributed by atoms with Gasteiger partial charge >= 0.3 is 0 Å². The predicted molar refractivity (Wildman–Crippen MR) is 77.7 cm³/mol. The molecule has 2 rings (SSSR count). The van der Waals surface area contributed by atoms with Gasteiger partial charge in [-0.3, -0.25) is 4.79 Å². The number of benzene rings is 1. The summed E-state index contributed by atoms with van der Waals surface area (Å²) in [5.74, 6) is 0.00602. The molecular formula is C13H19N3OS. The maximum absolute atomic E-state index is 12.4. The summed E-state index contributed by atoms with van der Waals surface area (Å²) >= 11 is 1.92. The number of anilines is 2. The molecule has 4 N–H and O–H groups in total. The second-order valence-electron chi connectivity index (χ2n) is 4.81. The van der Waals surface area contributed by atoms with E-state index in [4.69, 9.17) is 11.5 Å². The van der Waals surface area contributed by atoms with E-state index >= 15 is 0 Å². The van der Waals surface area contributed by atoms with Gasteiger partial charge in [-0.2, -0.15) is 11.8 Å². The minimum absolute atomic E-state index is 0.00602. The summed E-state index contributed by atoms with van der Waals surface area (Å²) in [6, 6.07) is 5.07. The van der Waals surface area contributed by atoms with Crippen molar-refractivity contribution >= 4 is 29.0 Å². The monoisotopic (exact) mass is 265 g/mol. The van der Waals surface area contributed by atoms with Gasteiger partial charge in [0.25, 0.3) is 5.91 Å². The van der Waals surface area contributed by atoms with Crippen molar-refractivity contribution in [3.05, 3.63) is 23.8 Å². The molecule has 1 aromatic carbocycles. The lowest BCUT2D eigenvalue weighted by Crippen LogP contribution is -2.44. The highest BCUT2D eigenvalue weighted by Gasteiger charge is 2.27. The fraction of sp³-hybridized carbons (Fsp3) is 0.462. The second kappa shape index (κ2) is 5.10. The van der Waals surface area contributed by atoms with Gasteiger partial charge in [0.15, 0.2) is 0 Å². The SMILES string of the molecule is CC1CN(C(=O)c2ccc(N)cc2N)CC(C)S1. The number of thioether (sulfide) groups is 1. The van der Waals surface area contributed by atoms with Crippen LogP contribution in [0.25, 0.3) is 0 Å². The number of rotatable bonds is 1. The third kappa shape index (κ3) is 2.72. The molecule has 4 nitrogen and oxygen atoms in total. The summed E-state index contributed by atoms with van der Waals surface area (Å²) < 4.78 is 0. The Kier molecular flexibility index (Phi) is 3.71. The van der Waals surface area contributed by atoms with Crippen molar-refractivity contribution in [3.63, 3.8) is 0 Å². The van der Waals surface area contributed by atoms with Crippen LogP contribution in [0.15, 0.2) is 18.2 Å². The van der Waals surface area contributed by atoms with Gasteiger partial charge in [0.2, 0.25) is 0 Å². The second-order valence-corrected chi connectivity index (χ2v) is 6.70. The van der Waals surface area contributed by atoms with E-state index < -0.39 is 0 Å². The lowest BCUT2D eigenvalue weighted by atomic mass is 10.1. The highest BCUT2D eigenvalue weighted by molar-refractivity contribution is 8.00. The standard InChI is InChI=1S/C13H19N3OS/c1-8-6-16(7-9(2)18-8)13(17)11-4-3-10(14)5-12(11)15/h3-5,8-9H,6-7,14-15H2,1-2H3. The molecule has 18 heavy (non-hydrogen) atoms. The molecular weight excluding hydrogens is 246 g/mol. The summed E-state index contributed by atoms with van der Waals surface area (Å²) in [5, 5.41) is 0.931. The zero-order chi connectivity index (χ0) is 13.3. The average molecular weight is 265 g/mol. The molecule has 1 aliphatic heterocycles. The minimum Gasteiger partial charge on any atom is -0.399 e. The molecule has 0 spiro atoms. The third-order valence-electron chi connectivity index (χ3n) is 3.01. The molecule has 1 amide bonds. The number of carbonyl (C=O) groups is 1. The Morgan fingerprint density at radius 1 is 1.28 bits per heavy atom. The largest absolute Gasteiger partial charge is 0.399 e. The quantitative estimate of drug-likeness (QED) is 0.760. The summed E-state index contributed by atoms with van der Waals surface area (Å²) in [6.07, 6.45) is 0. The third-order valence-corrected chi connectivity index (χ3v) is 4.24. The zero-order valence-corrected chi connectivity index (χ0v) is 11.5. The molecule has 0 radical (unpaired) electrons. The normalized spacial score (nSPS) is 24.0. The number of carbonyl (C=O) groups excluding carboxylic acids is 1. The van der Waals surface area contributed by atoms with Crippen LogP contribution in [0.1, 0.15) is 24.2 Å². The number of nitrogens with zero attached hydrogens (tertiary/aromatic N) is 1. The van der Waals surface area contributed by atoms with E-state index in [2.05, 4.69) is 13.8 Å². The van der Waals surface area contributed by atoms with Gasteiger partial charge in [-0.1, -0.05) is 13.8 Å². The summed E-state index contributed by atoms with van der Waals surface area (Å²) in [6.45, 7) is 5.84. The zero-order valence-electron chi connectivity index (χ0n) is 10.7. The Morgan fingerprint density at radius 3 is 2.44 bits per heavy atom. The number of nitrogens with two attached hydrogens (primary N) is 2. The van der Waals surface area contributed by atoms with Crippen molar-refractivity contribution < 1.29 is 4.79 Å². The molecule has 0 aliphatic carbocycles. The first kappa shape index (κ1) is 13.1. The smallest absolute Gasteiger partial charge is 0.256 e. The molecule has 1 heterocycles. The molecule has 2 atom stereocenters. The van der Waals surface area contributed by atoms with E-state index in [0.717, 1.165) is 13.1 Å². The maximum Gasteiger partial charge on any atom is 0.256 e. The van der Waals surface area contributed by atoms with Crippen LogP contribution in [0, 0.1) is 0 Å². The summed E-state index contributed by atoms with van der Waals surface area (Å²) in [5.41, 5.74) is 13.1. The molecule has 0 aromatic heterocycles.